The summed E-state index contributed by atoms with van der Waals surface area (Å²) in [4.78, 5) is 8.38. The Labute approximate surface area is 103 Å². The highest BCUT2D eigenvalue weighted by molar-refractivity contribution is 5.39. The summed E-state index contributed by atoms with van der Waals surface area (Å²) in [6, 6.07) is 1.80. The summed E-state index contributed by atoms with van der Waals surface area (Å²) in [7, 11) is 0. The van der Waals surface area contributed by atoms with Crippen LogP contribution in [-0.4, -0.2) is 33.8 Å². The lowest BCUT2D eigenvalue weighted by Gasteiger charge is -2.25. The van der Waals surface area contributed by atoms with Crippen molar-refractivity contribution in [1.29, 1.82) is 0 Å². The SMILES string of the molecule is CCNc1nccc(NCC(O)(CC)CC)n1. The molecular formula is C12H22N4O. The van der Waals surface area contributed by atoms with Gasteiger partial charge in [-0.15, -0.1) is 0 Å². The third kappa shape index (κ3) is 4.19. The second-order valence-electron chi connectivity index (χ2n) is 4.08. The summed E-state index contributed by atoms with van der Waals surface area (Å²) >= 11 is 0. The minimum absolute atomic E-state index is 0.503. The third-order valence-corrected chi connectivity index (χ3v) is 2.91. The van der Waals surface area contributed by atoms with Crippen molar-refractivity contribution in [2.45, 2.75) is 39.2 Å². The molecule has 0 radical (unpaired) electrons. The van der Waals surface area contributed by atoms with Crippen molar-refractivity contribution < 1.29 is 5.11 Å². The lowest BCUT2D eigenvalue weighted by molar-refractivity contribution is 0.0456. The maximum absolute atomic E-state index is 10.1. The maximum Gasteiger partial charge on any atom is 0.224 e. The van der Waals surface area contributed by atoms with E-state index in [0.29, 0.717) is 12.5 Å². The Hall–Kier alpha value is -1.36. The minimum Gasteiger partial charge on any atom is -0.388 e. The molecule has 3 N–H and O–H groups in total. The zero-order valence-electron chi connectivity index (χ0n) is 10.8. The van der Waals surface area contributed by atoms with Gasteiger partial charge < -0.3 is 15.7 Å². The van der Waals surface area contributed by atoms with E-state index in [1.165, 1.54) is 0 Å². The first-order valence-corrected chi connectivity index (χ1v) is 6.16. The fourth-order valence-electron chi connectivity index (χ4n) is 1.46. The normalized spacial score (nSPS) is 11.3. The van der Waals surface area contributed by atoms with Gasteiger partial charge in [0.2, 0.25) is 5.95 Å². The number of nitrogens with one attached hydrogen (secondary N) is 2. The van der Waals surface area contributed by atoms with Crippen LogP contribution in [0.3, 0.4) is 0 Å². The van der Waals surface area contributed by atoms with E-state index < -0.39 is 5.60 Å². The molecule has 0 saturated carbocycles. The Morgan fingerprint density at radius 2 is 1.94 bits per heavy atom. The highest BCUT2D eigenvalue weighted by Gasteiger charge is 2.21. The summed E-state index contributed by atoms with van der Waals surface area (Å²) in [6.45, 7) is 7.25. The number of aromatic nitrogens is 2. The Balaban J connectivity index is 2.59. The summed E-state index contributed by atoms with van der Waals surface area (Å²) in [5.74, 6) is 1.34. The van der Waals surface area contributed by atoms with E-state index in [4.69, 9.17) is 0 Å². The summed E-state index contributed by atoms with van der Waals surface area (Å²) in [5.41, 5.74) is -0.663. The molecule has 5 nitrogen and oxygen atoms in total. The van der Waals surface area contributed by atoms with Crippen molar-refractivity contribution >= 4 is 11.8 Å². The second-order valence-corrected chi connectivity index (χ2v) is 4.08. The molecule has 17 heavy (non-hydrogen) atoms. The molecule has 0 spiro atoms. The van der Waals surface area contributed by atoms with Crippen molar-refractivity contribution in [1.82, 2.24) is 9.97 Å². The van der Waals surface area contributed by atoms with Crippen LogP contribution in [0.5, 0.6) is 0 Å². The largest absolute Gasteiger partial charge is 0.388 e. The summed E-state index contributed by atoms with van der Waals surface area (Å²) in [5, 5.41) is 16.3. The molecule has 5 heteroatoms. The topological polar surface area (TPSA) is 70.1 Å². The van der Waals surface area contributed by atoms with E-state index in [9.17, 15) is 5.11 Å². The average molecular weight is 238 g/mol. The molecule has 1 rings (SSSR count). The third-order valence-electron chi connectivity index (χ3n) is 2.91. The molecule has 1 aromatic rings. The average Bonchev–Trinajstić information content (AvgIpc) is 2.37. The molecule has 1 heterocycles. The first-order chi connectivity index (χ1) is 8.13. The van der Waals surface area contributed by atoms with Gasteiger partial charge in [0.1, 0.15) is 5.82 Å². The van der Waals surface area contributed by atoms with Gasteiger partial charge in [0, 0.05) is 19.3 Å². The molecule has 0 atom stereocenters. The van der Waals surface area contributed by atoms with Crippen LogP contribution in [0.25, 0.3) is 0 Å². The van der Waals surface area contributed by atoms with Crippen LogP contribution >= 0.6 is 0 Å². The van der Waals surface area contributed by atoms with Gasteiger partial charge in [-0.3, -0.25) is 0 Å². The molecule has 0 fully saturated rings. The van der Waals surface area contributed by atoms with Gasteiger partial charge in [-0.25, -0.2) is 4.98 Å². The zero-order valence-corrected chi connectivity index (χ0v) is 10.8. The highest BCUT2D eigenvalue weighted by atomic mass is 16.3. The predicted molar refractivity (Wildman–Crippen MR) is 70.2 cm³/mol. The van der Waals surface area contributed by atoms with Gasteiger partial charge >= 0.3 is 0 Å². The number of hydrogen-bond donors (Lipinski definition) is 3. The second kappa shape index (κ2) is 6.39. The van der Waals surface area contributed by atoms with Gasteiger partial charge in [-0.1, -0.05) is 13.8 Å². The number of hydrogen-bond acceptors (Lipinski definition) is 5. The van der Waals surface area contributed by atoms with Crippen LogP contribution in [0.2, 0.25) is 0 Å². The number of aliphatic hydroxyl groups is 1. The van der Waals surface area contributed by atoms with Crippen LogP contribution in [0.1, 0.15) is 33.6 Å². The Kier molecular flexibility index (Phi) is 5.15. The molecular weight excluding hydrogens is 216 g/mol. The van der Waals surface area contributed by atoms with E-state index in [1.54, 1.807) is 12.3 Å². The summed E-state index contributed by atoms with van der Waals surface area (Å²) in [6.07, 6.45) is 3.15. The first-order valence-electron chi connectivity index (χ1n) is 6.16. The Morgan fingerprint density at radius 3 is 2.53 bits per heavy atom. The molecule has 96 valence electrons. The van der Waals surface area contributed by atoms with E-state index in [2.05, 4.69) is 20.6 Å². The molecule has 1 aromatic heterocycles. The van der Waals surface area contributed by atoms with Crippen LogP contribution in [0.4, 0.5) is 11.8 Å². The van der Waals surface area contributed by atoms with Crippen molar-refractivity contribution in [3.05, 3.63) is 12.3 Å². The van der Waals surface area contributed by atoms with Gasteiger partial charge in [-0.2, -0.15) is 4.98 Å². The lowest BCUT2D eigenvalue weighted by Crippen LogP contribution is -2.35. The van der Waals surface area contributed by atoms with E-state index in [0.717, 1.165) is 25.2 Å². The van der Waals surface area contributed by atoms with Crippen LogP contribution in [-0.2, 0) is 0 Å². The molecule has 0 aliphatic carbocycles. The fraction of sp³-hybridized carbons (Fsp3) is 0.667. The van der Waals surface area contributed by atoms with E-state index in [1.807, 2.05) is 20.8 Å². The molecule has 0 aromatic carbocycles. The lowest BCUT2D eigenvalue weighted by atomic mass is 9.98. The smallest absolute Gasteiger partial charge is 0.224 e. The zero-order chi connectivity index (χ0) is 12.7. The van der Waals surface area contributed by atoms with Crippen LogP contribution in [0, 0.1) is 0 Å². The van der Waals surface area contributed by atoms with Gasteiger partial charge in [0.25, 0.3) is 0 Å². The molecule has 0 unspecified atom stereocenters. The number of rotatable bonds is 7. The highest BCUT2D eigenvalue weighted by Crippen LogP contribution is 2.15. The quantitative estimate of drug-likeness (QED) is 0.676. The minimum atomic E-state index is -0.663. The van der Waals surface area contributed by atoms with Crippen molar-refractivity contribution in [2.24, 2.45) is 0 Å². The monoisotopic (exact) mass is 238 g/mol. The molecule has 0 saturated heterocycles. The maximum atomic E-state index is 10.1. The fourth-order valence-corrected chi connectivity index (χ4v) is 1.46. The van der Waals surface area contributed by atoms with E-state index >= 15 is 0 Å². The van der Waals surface area contributed by atoms with Crippen LogP contribution in [0.15, 0.2) is 12.3 Å². The number of anilines is 2. The summed E-state index contributed by atoms with van der Waals surface area (Å²) < 4.78 is 0. The Morgan fingerprint density at radius 1 is 1.24 bits per heavy atom. The van der Waals surface area contributed by atoms with Gasteiger partial charge in [-0.05, 0) is 25.8 Å². The van der Waals surface area contributed by atoms with Crippen molar-refractivity contribution in [3.63, 3.8) is 0 Å². The van der Waals surface area contributed by atoms with Crippen molar-refractivity contribution in [3.8, 4) is 0 Å². The molecule has 0 aliphatic heterocycles. The Bertz CT molecular complexity index is 339. The van der Waals surface area contributed by atoms with E-state index in [-0.39, 0.29) is 0 Å². The number of nitrogens with zero attached hydrogens (tertiary/aromatic N) is 2. The van der Waals surface area contributed by atoms with Crippen LogP contribution < -0.4 is 10.6 Å². The molecule has 0 aliphatic rings. The standard InChI is InChI=1S/C12H22N4O/c1-4-12(17,5-2)9-15-10-7-8-14-11(16-10)13-6-3/h7-8,17H,4-6,9H2,1-3H3,(H2,13,14,15,16). The molecule has 0 bridgehead atoms. The molecule has 0 amide bonds. The van der Waals surface area contributed by atoms with Crippen molar-refractivity contribution in [2.75, 3.05) is 23.7 Å². The first kappa shape index (κ1) is 13.7. The van der Waals surface area contributed by atoms with Gasteiger partial charge in [0.05, 0.1) is 5.60 Å². The predicted octanol–water partition coefficient (Wildman–Crippen LogP) is 1.87. The van der Waals surface area contributed by atoms with Gasteiger partial charge in [0.15, 0.2) is 0 Å².